The third-order valence-corrected chi connectivity index (χ3v) is 2.47. The first kappa shape index (κ1) is 12.6. The Morgan fingerprint density at radius 3 is 2.44 bits per heavy atom. The average molecular weight is 244 g/mol. The second kappa shape index (κ2) is 5.61. The third kappa shape index (κ3) is 2.58. The van der Waals surface area contributed by atoms with Gasteiger partial charge in [0.25, 0.3) is 0 Å². The molecule has 16 heavy (non-hydrogen) atoms. The number of anilines is 1. The summed E-state index contributed by atoms with van der Waals surface area (Å²) >= 11 is 5.48. The molecule has 4 nitrogen and oxygen atoms in total. The molecule has 1 aromatic carbocycles. The van der Waals surface area contributed by atoms with Crippen molar-refractivity contribution < 1.29 is 14.3 Å². The minimum atomic E-state index is -0.172. The summed E-state index contributed by atoms with van der Waals surface area (Å²) in [5.74, 6) is 0.978. The van der Waals surface area contributed by atoms with Crippen LogP contribution in [0.4, 0.5) is 5.69 Å². The van der Waals surface area contributed by atoms with Gasteiger partial charge in [0.15, 0.2) is 11.5 Å². The average Bonchev–Trinajstić information content (AvgIpc) is 2.35. The van der Waals surface area contributed by atoms with Gasteiger partial charge in [-0.15, -0.1) is 11.6 Å². The highest BCUT2D eigenvalue weighted by Gasteiger charge is 2.12. The number of amides is 1. The van der Waals surface area contributed by atoms with Crippen molar-refractivity contribution in [3.05, 3.63) is 18.2 Å². The number of ether oxygens (including phenoxy) is 2. The summed E-state index contributed by atoms with van der Waals surface area (Å²) in [5.41, 5.74) is 0.711. The number of halogens is 1. The summed E-state index contributed by atoms with van der Waals surface area (Å²) in [6.45, 7) is 0. The lowest BCUT2D eigenvalue weighted by atomic mass is 10.2. The Balaban J connectivity index is 3.03. The van der Waals surface area contributed by atoms with Crippen LogP contribution < -0.4 is 14.4 Å². The second-order valence-corrected chi connectivity index (χ2v) is 3.39. The van der Waals surface area contributed by atoms with E-state index in [4.69, 9.17) is 21.1 Å². The molecule has 0 heterocycles. The lowest BCUT2D eigenvalue weighted by Gasteiger charge is -2.17. The zero-order valence-corrected chi connectivity index (χ0v) is 10.2. The fourth-order valence-corrected chi connectivity index (χ4v) is 1.45. The first-order valence-electron chi connectivity index (χ1n) is 4.68. The molecule has 0 aliphatic rings. The van der Waals surface area contributed by atoms with Gasteiger partial charge in [0.05, 0.1) is 14.2 Å². The molecule has 0 radical (unpaired) electrons. The van der Waals surface area contributed by atoms with E-state index < -0.39 is 0 Å². The topological polar surface area (TPSA) is 38.8 Å². The van der Waals surface area contributed by atoms with Gasteiger partial charge >= 0.3 is 0 Å². The van der Waals surface area contributed by atoms with E-state index in [-0.39, 0.29) is 11.8 Å². The van der Waals surface area contributed by atoms with Gasteiger partial charge in [-0.1, -0.05) is 0 Å². The number of rotatable bonds is 4. The van der Waals surface area contributed by atoms with Crippen molar-refractivity contribution in [1.29, 1.82) is 0 Å². The lowest BCUT2D eigenvalue weighted by molar-refractivity contribution is -0.116. The molecule has 88 valence electrons. The lowest BCUT2D eigenvalue weighted by Crippen LogP contribution is -2.27. The van der Waals surface area contributed by atoms with Gasteiger partial charge in [0.1, 0.15) is 5.88 Å². The van der Waals surface area contributed by atoms with Crippen molar-refractivity contribution in [2.45, 2.75) is 0 Å². The molecule has 0 unspecified atom stereocenters. The summed E-state index contributed by atoms with van der Waals surface area (Å²) in [4.78, 5) is 12.9. The van der Waals surface area contributed by atoms with Crippen LogP contribution in [0.25, 0.3) is 0 Å². The van der Waals surface area contributed by atoms with Crippen LogP contribution in [0.1, 0.15) is 0 Å². The SMILES string of the molecule is COc1ccc(N(C)C(=O)CCl)cc1OC. The molecular weight excluding hydrogens is 230 g/mol. The summed E-state index contributed by atoms with van der Waals surface area (Å²) in [6, 6.07) is 5.24. The number of benzene rings is 1. The van der Waals surface area contributed by atoms with E-state index in [1.807, 2.05) is 0 Å². The Morgan fingerprint density at radius 2 is 1.94 bits per heavy atom. The van der Waals surface area contributed by atoms with Gasteiger partial charge in [0, 0.05) is 18.8 Å². The normalized spacial score (nSPS) is 9.75. The molecule has 0 saturated heterocycles. The van der Waals surface area contributed by atoms with Crippen molar-refractivity contribution in [2.24, 2.45) is 0 Å². The predicted molar refractivity (Wildman–Crippen MR) is 63.7 cm³/mol. The molecule has 0 bridgehead atoms. The number of carbonyl (C=O) groups excluding carboxylic acids is 1. The van der Waals surface area contributed by atoms with Gasteiger partial charge in [-0.2, -0.15) is 0 Å². The highest BCUT2D eigenvalue weighted by molar-refractivity contribution is 6.29. The van der Waals surface area contributed by atoms with Gasteiger partial charge in [-0.05, 0) is 12.1 Å². The minimum absolute atomic E-state index is 0.0507. The zero-order valence-electron chi connectivity index (χ0n) is 9.49. The first-order chi connectivity index (χ1) is 7.63. The van der Waals surface area contributed by atoms with Crippen molar-refractivity contribution in [3.63, 3.8) is 0 Å². The van der Waals surface area contributed by atoms with E-state index in [9.17, 15) is 4.79 Å². The van der Waals surface area contributed by atoms with Crippen molar-refractivity contribution >= 4 is 23.2 Å². The minimum Gasteiger partial charge on any atom is -0.493 e. The molecule has 0 saturated carbocycles. The Labute approximate surface area is 99.7 Å². The zero-order chi connectivity index (χ0) is 12.1. The van der Waals surface area contributed by atoms with Crippen LogP contribution in [-0.4, -0.2) is 33.1 Å². The molecule has 1 rings (SSSR count). The van der Waals surface area contributed by atoms with Gasteiger partial charge in [0.2, 0.25) is 5.91 Å². The number of methoxy groups -OCH3 is 2. The van der Waals surface area contributed by atoms with Crippen molar-refractivity contribution in [2.75, 3.05) is 32.0 Å². The third-order valence-electron chi connectivity index (χ3n) is 2.24. The van der Waals surface area contributed by atoms with E-state index in [1.54, 1.807) is 39.5 Å². The van der Waals surface area contributed by atoms with E-state index in [2.05, 4.69) is 0 Å². The first-order valence-corrected chi connectivity index (χ1v) is 5.22. The summed E-state index contributed by atoms with van der Waals surface area (Å²) in [5, 5.41) is 0. The molecule has 0 N–H and O–H groups in total. The Hall–Kier alpha value is -1.42. The van der Waals surface area contributed by atoms with Crippen LogP contribution in [0, 0.1) is 0 Å². The number of carbonyl (C=O) groups is 1. The fraction of sp³-hybridized carbons (Fsp3) is 0.364. The molecule has 0 atom stereocenters. The number of hydrogen-bond donors (Lipinski definition) is 0. The van der Waals surface area contributed by atoms with Crippen LogP contribution >= 0.6 is 11.6 Å². The van der Waals surface area contributed by atoms with E-state index in [1.165, 1.54) is 4.90 Å². The summed E-state index contributed by atoms with van der Waals surface area (Å²) in [6.07, 6.45) is 0. The maximum atomic E-state index is 11.4. The maximum absolute atomic E-state index is 11.4. The number of hydrogen-bond acceptors (Lipinski definition) is 3. The van der Waals surface area contributed by atoms with E-state index in [0.29, 0.717) is 17.2 Å². The van der Waals surface area contributed by atoms with Gasteiger partial charge in [-0.3, -0.25) is 4.79 Å². The molecule has 0 fully saturated rings. The molecular formula is C11H14ClNO3. The maximum Gasteiger partial charge on any atom is 0.241 e. The largest absolute Gasteiger partial charge is 0.493 e. The second-order valence-electron chi connectivity index (χ2n) is 3.13. The van der Waals surface area contributed by atoms with Crippen LogP contribution in [0.3, 0.4) is 0 Å². The number of nitrogens with zero attached hydrogens (tertiary/aromatic N) is 1. The van der Waals surface area contributed by atoms with Crippen LogP contribution in [0.15, 0.2) is 18.2 Å². The molecule has 0 aliphatic heterocycles. The smallest absolute Gasteiger partial charge is 0.241 e. The Morgan fingerprint density at radius 1 is 1.31 bits per heavy atom. The quantitative estimate of drug-likeness (QED) is 0.759. The summed E-state index contributed by atoms with van der Waals surface area (Å²) < 4.78 is 10.2. The highest BCUT2D eigenvalue weighted by Crippen LogP contribution is 2.31. The Bertz CT molecular complexity index is 381. The monoisotopic (exact) mass is 243 g/mol. The van der Waals surface area contributed by atoms with E-state index >= 15 is 0 Å². The standard InChI is InChI=1S/C11H14ClNO3/c1-13(11(14)7-12)8-4-5-9(15-2)10(6-8)16-3/h4-6H,7H2,1-3H3. The Kier molecular flexibility index (Phi) is 4.43. The fourth-order valence-electron chi connectivity index (χ4n) is 1.27. The van der Waals surface area contributed by atoms with Gasteiger partial charge < -0.3 is 14.4 Å². The molecule has 1 amide bonds. The van der Waals surface area contributed by atoms with Crippen LogP contribution in [0.5, 0.6) is 11.5 Å². The molecule has 5 heteroatoms. The van der Waals surface area contributed by atoms with E-state index in [0.717, 1.165) is 0 Å². The van der Waals surface area contributed by atoms with Crippen molar-refractivity contribution in [1.82, 2.24) is 0 Å². The van der Waals surface area contributed by atoms with Crippen LogP contribution in [-0.2, 0) is 4.79 Å². The van der Waals surface area contributed by atoms with Gasteiger partial charge in [-0.25, -0.2) is 0 Å². The number of alkyl halides is 1. The molecule has 0 aliphatic carbocycles. The summed E-state index contributed by atoms with van der Waals surface area (Å²) in [7, 11) is 4.77. The van der Waals surface area contributed by atoms with Crippen LogP contribution in [0.2, 0.25) is 0 Å². The highest BCUT2D eigenvalue weighted by atomic mass is 35.5. The molecule has 0 aromatic heterocycles. The predicted octanol–water partition coefficient (Wildman–Crippen LogP) is 1.91. The molecule has 0 spiro atoms. The van der Waals surface area contributed by atoms with Crippen molar-refractivity contribution in [3.8, 4) is 11.5 Å². The molecule has 1 aromatic rings.